The predicted molar refractivity (Wildman–Crippen MR) is 71.7 cm³/mol. The number of hydrogen-bond donors (Lipinski definition) is 0. The van der Waals surface area contributed by atoms with Crippen molar-refractivity contribution in [3.8, 4) is 0 Å². The van der Waals surface area contributed by atoms with E-state index >= 15 is 0 Å². The van der Waals surface area contributed by atoms with Gasteiger partial charge in [0.25, 0.3) is 0 Å². The van der Waals surface area contributed by atoms with Gasteiger partial charge in [-0.3, -0.25) is 9.69 Å². The lowest BCUT2D eigenvalue weighted by Crippen LogP contribution is -2.34. The Morgan fingerprint density at radius 1 is 1.40 bits per heavy atom. The van der Waals surface area contributed by atoms with Gasteiger partial charge in [0.15, 0.2) is 5.78 Å². The summed E-state index contributed by atoms with van der Waals surface area (Å²) in [5, 5.41) is 0. The van der Waals surface area contributed by atoms with Crippen LogP contribution in [0, 0.1) is 17.6 Å². The quantitative estimate of drug-likeness (QED) is 0.778. The fraction of sp³-hybridized carbons (Fsp3) is 0.533. The van der Waals surface area contributed by atoms with E-state index in [4.69, 9.17) is 4.74 Å². The molecule has 3 nitrogen and oxygen atoms in total. The molecule has 110 valence electrons. The van der Waals surface area contributed by atoms with E-state index in [9.17, 15) is 13.6 Å². The molecule has 0 radical (unpaired) electrons. The maximum absolute atomic E-state index is 13.5. The SMILES string of the molecule is CN(CC(=O)c1c(F)cccc1F)CC1CCCOC1. The summed E-state index contributed by atoms with van der Waals surface area (Å²) in [5.74, 6) is -1.75. The molecule has 20 heavy (non-hydrogen) atoms. The topological polar surface area (TPSA) is 29.5 Å². The summed E-state index contributed by atoms with van der Waals surface area (Å²) in [6.07, 6.45) is 2.08. The van der Waals surface area contributed by atoms with E-state index in [-0.39, 0.29) is 6.54 Å². The highest BCUT2D eigenvalue weighted by Crippen LogP contribution is 2.16. The number of likely N-dealkylation sites (N-methyl/N-ethyl adjacent to an activating group) is 1. The molecular weight excluding hydrogens is 264 g/mol. The van der Waals surface area contributed by atoms with Crippen molar-refractivity contribution < 1.29 is 18.3 Å². The molecule has 0 aliphatic carbocycles. The fourth-order valence-electron chi connectivity index (χ4n) is 2.55. The number of Topliss-reactive ketones (excluding diaryl/α,β-unsaturated/α-hetero) is 1. The maximum Gasteiger partial charge on any atom is 0.182 e. The molecule has 2 rings (SSSR count). The molecule has 0 aromatic heterocycles. The van der Waals surface area contributed by atoms with E-state index in [2.05, 4.69) is 0 Å². The molecule has 1 saturated heterocycles. The molecule has 1 fully saturated rings. The number of ketones is 1. The van der Waals surface area contributed by atoms with Gasteiger partial charge in [0, 0.05) is 13.2 Å². The molecule has 0 N–H and O–H groups in total. The molecule has 1 heterocycles. The van der Waals surface area contributed by atoms with E-state index in [1.807, 2.05) is 0 Å². The first-order chi connectivity index (χ1) is 9.58. The van der Waals surface area contributed by atoms with Crippen molar-refractivity contribution in [2.75, 3.05) is 33.4 Å². The molecule has 0 bridgehead atoms. The van der Waals surface area contributed by atoms with Crippen LogP contribution in [0.5, 0.6) is 0 Å². The van der Waals surface area contributed by atoms with Crippen molar-refractivity contribution in [3.63, 3.8) is 0 Å². The van der Waals surface area contributed by atoms with Crippen LogP contribution in [0.2, 0.25) is 0 Å². The van der Waals surface area contributed by atoms with Gasteiger partial charge in [-0.1, -0.05) is 6.07 Å². The van der Waals surface area contributed by atoms with Crippen molar-refractivity contribution in [2.45, 2.75) is 12.8 Å². The molecule has 1 atom stereocenters. The van der Waals surface area contributed by atoms with Crippen LogP contribution in [0.1, 0.15) is 23.2 Å². The first-order valence-electron chi connectivity index (χ1n) is 6.81. The summed E-state index contributed by atoms with van der Waals surface area (Å²) in [7, 11) is 1.78. The summed E-state index contributed by atoms with van der Waals surface area (Å²) < 4.78 is 32.4. The number of nitrogens with zero attached hydrogens (tertiary/aromatic N) is 1. The first-order valence-corrected chi connectivity index (χ1v) is 6.81. The average molecular weight is 283 g/mol. The highest BCUT2D eigenvalue weighted by molar-refractivity contribution is 5.98. The van der Waals surface area contributed by atoms with Gasteiger partial charge in [0.1, 0.15) is 11.6 Å². The number of benzene rings is 1. The van der Waals surface area contributed by atoms with Gasteiger partial charge >= 0.3 is 0 Å². The van der Waals surface area contributed by atoms with E-state index in [1.165, 1.54) is 6.07 Å². The highest BCUT2D eigenvalue weighted by Gasteiger charge is 2.21. The summed E-state index contributed by atoms with van der Waals surface area (Å²) >= 11 is 0. The Balaban J connectivity index is 1.93. The van der Waals surface area contributed by atoms with Crippen molar-refractivity contribution in [1.82, 2.24) is 4.90 Å². The summed E-state index contributed by atoms with van der Waals surface area (Å²) in [6, 6.07) is 3.46. The standard InChI is InChI=1S/C15H19F2NO2/c1-18(8-11-4-3-7-20-10-11)9-14(19)15-12(16)5-2-6-13(15)17/h2,5-6,11H,3-4,7-10H2,1H3. The van der Waals surface area contributed by atoms with Gasteiger partial charge in [-0.05, 0) is 37.9 Å². The zero-order valence-corrected chi connectivity index (χ0v) is 11.6. The van der Waals surface area contributed by atoms with Gasteiger partial charge in [-0.25, -0.2) is 8.78 Å². The van der Waals surface area contributed by atoms with Crippen LogP contribution in [0.25, 0.3) is 0 Å². The Hall–Kier alpha value is -1.33. The molecule has 1 aromatic carbocycles. The highest BCUT2D eigenvalue weighted by atomic mass is 19.1. The first kappa shape index (κ1) is 15.1. The number of hydrogen-bond acceptors (Lipinski definition) is 3. The van der Waals surface area contributed by atoms with Crippen LogP contribution < -0.4 is 0 Å². The van der Waals surface area contributed by atoms with E-state index in [0.29, 0.717) is 19.1 Å². The van der Waals surface area contributed by atoms with E-state index in [1.54, 1.807) is 11.9 Å². The zero-order chi connectivity index (χ0) is 14.5. The van der Waals surface area contributed by atoms with Gasteiger partial charge in [0.2, 0.25) is 0 Å². The lowest BCUT2D eigenvalue weighted by atomic mass is 10.0. The number of halogens is 2. The van der Waals surface area contributed by atoms with Crippen molar-refractivity contribution in [3.05, 3.63) is 35.4 Å². The van der Waals surface area contributed by atoms with Crippen molar-refractivity contribution in [2.24, 2.45) is 5.92 Å². The Bertz CT molecular complexity index is 453. The summed E-state index contributed by atoms with van der Waals surface area (Å²) in [6.45, 7) is 2.18. The molecule has 0 spiro atoms. The Morgan fingerprint density at radius 2 is 2.10 bits per heavy atom. The van der Waals surface area contributed by atoms with E-state index < -0.39 is 23.0 Å². The molecule has 0 saturated carbocycles. The third-order valence-corrected chi connectivity index (χ3v) is 3.48. The van der Waals surface area contributed by atoms with Crippen LogP contribution >= 0.6 is 0 Å². The van der Waals surface area contributed by atoms with Gasteiger partial charge in [-0.15, -0.1) is 0 Å². The Morgan fingerprint density at radius 3 is 2.70 bits per heavy atom. The molecule has 1 unspecified atom stereocenters. The summed E-state index contributed by atoms with van der Waals surface area (Å²) in [4.78, 5) is 13.8. The van der Waals surface area contributed by atoms with Gasteiger partial charge in [-0.2, -0.15) is 0 Å². The second-order valence-electron chi connectivity index (χ2n) is 5.30. The molecule has 1 aromatic rings. The number of ether oxygens (including phenoxy) is 1. The van der Waals surface area contributed by atoms with Crippen LogP contribution in [-0.2, 0) is 4.74 Å². The minimum absolute atomic E-state index is 0.00829. The Labute approximate surface area is 117 Å². The van der Waals surface area contributed by atoms with Crippen molar-refractivity contribution >= 4 is 5.78 Å². The number of carbonyl (C=O) groups is 1. The maximum atomic E-state index is 13.5. The van der Waals surface area contributed by atoms with Gasteiger partial charge in [0.05, 0.1) is 18.7 Å². The number of carbonyl (C=O) groups excluding carboxylic acids is 1. The third-order valence-electron chi connectivity index (χ3n) is 3.48. The summed E-state index contributed by atoms with van der Waals surface area (Å²) in [5.41, 5.74) is -0.445. The molecule has 0 amide bonds. The van der Waals surface area contributed by atoms with Crippen molar-refractivity contribution in [1.29, 1.82) is 0 Å². The normalized spacial score (nSPS) is 19.3. The third kappa shape index (κ3) is 3.84. The second kappa shape index (κ2) is 6.90. The monoisotopic (exact) mass is 283 g/mol. The fourth-order valence-corrected chi connectivity index (χ4v) is 2.55. The number of rotatable bonds is 5. The minimum atomic E-state index is -0.801. The molecular formula is C15H19F2NO2. The smallest absolute Gasteiger partial charge is 0.182 e. The van der Waals surface area contributed by atoms with Crippen LogP contribution in [0.3, 0.4) is 0 Å². The lowest BCUT2D eigenvalue weighted by molar-refractivity contribution is 0.0415. The zero-order valence-electron chi connectivity index (χ0n) is 11.6. The van der Waals surface area contributed by atoms with Gasteiger partial charge < -0.3 is 4.74 Å². The average Bonchev–Trinajstić information content (AvgIpc) is 2.39. The molecule has 1 aliphatic rings. The van der Waals surface area contributed by atoms with Crippen LogP contribution in [0.4, 0.5) is 8.78 Å². The predicted octanol–water partition coefficient (Wildman–Crippen LogP) is 2.51. The molecule has 1 aliphatic heterocycles. The van der Waals surface area contributed by atoms with Crippen LogP contribution in [0.15, 0.2) is 18.2 Å². The molecule has 5 heteroatoms. The van der Waals surface area contributed by atoms with E-state index in [0.717, 1.165) is 31.6 Å². The largest absolute Gasteiger partial charge is 0.381 e. The second-order valence-corrected chi connectivity index (χ2v) is 5.30. The Kier molecular flexibility index (Phi) is 5.20. The minimum Gasteiger partial charge on any atom is -0.381 e. The lowest BCUT2D eigenvalue weighted by Gasteiger charge is -2.26. The van der Waals surface area contributed by atoms with Crippen LogP contribution in [-0.4, -0.2) is 44.0 Å².